The molecule has 1 unspecified atom stereocenters. The van der Waals surface area contributed by atoms with Crippen molar-refractivity contribution in [1.29, 1.82) is 0 Å². The molecule has 2 nitrogen and oxygen atoms in total. The SMILES string of the molecule is CCCCCCCCC(Cc1cccc(F)c1Br)NN. The highest BCUT2D eigenvalue weighted by Gasteiger charge is 2.11. The summed E-state index contributed by atoms with van der Waals surface area (Å²) < 4.78 is 14.0. The smallest absolute Gasteiger partial charge is 0.137 e. The third kappa shape index (κ3) is 6.33. The van der Waals surface area contributed by atoms with Crippen molar-refractivity contribution in [1.82, 2.24) is 5.43 Å². The van der Waals surface area contributed by atoms with Crippen molar-refractivity contribution >= 4 is 15.9 Å². The molecule has 1 rings (SSSR count). The second kappa shape index (κ2) is 10.3. The number of rotatable bonds is 10. The van der Waals surface area contributed by atoms with E-state index < -0.39 is 0 Å². The molecule has 0 aromatic heterocycles. The van der Waals surface area contributed by atoms with Crippen LogP contribution in [0.25, 0.3) is 0 Å². The number of nitrogens with one attached hydrogen (secondary N) is 1. The molecule has 0 aliphatic carbocycles. The summed E-state index contributed by atoms with van der Waals surface area (Å²) in [6.45, 7) is 2.23. The van der Waals surface area contributed by atoms with Crippen LogP contribution in [0, 0.1) is 5.82 Å². The van der Waals surface area contributed by atoms with Gasteiger partial charge >= 0.3 is 0 Å². The van der Waals surface area contributed by atoms with Gasteiger partial charge < -0.3 is 0 Å². The highest BCUT2D eigenvalue weighted by molar-refractivity contribution is 9.10. The lowest BCUT2D eigenvalue weighted by atomic mass is 10.00. The Morgan fingerprint density at radius 2 is 1.90 bits per heavy atom. The van der Waals surface area contributed by atoms with Crippen molar-refractivity contribution in [3.05, 3.63) is 34.1 Å². The van der Waals surface area contributed by atoms with Gasteiger partial charge in [0, 0.05) is 6.04 Å². The summed E-state index contributed by atoms with van der Waals surface area (Å²) in [5.41, 5.74) is 3.83. The molecule has 0 heterocycles. The second-order valence-electron chi connectivity index (χ2n) is 5.34. The molecule has 20 heavy (non-hydrogen) atoms. The van der Waals surface area contributed by atoms with Gasteiger partial charge in [0.05, 0.1) is 4.47 Å². The minimum absolute atomic E-state index is 0.208. The molecule has 0 bridgehead atoms. The Balaban J connectivity index is 2.34. The molecule has 3 N–H and O–H groups in total. The summed E-state index contributed by atoms with van der Waals surface area (Å²) in [7, 11) is 0. The van der Waals surface area contributed by atoms with Gasteiger partial charge in [-0.05, 0) is 40.4 Å². The number of nitrogens with two attached hydrogens (primary N) is 1. The summed E-state index contributed by atoms with van der Waals surface area (Å²) in [5.74, 6) is 5.40. The van der Waals surface area contributed by atoms with Crippen molar-refractivity contribution in [2.24, 2.45) is 5.84 Å². The lowest BCUT2D eigenvalue weighted by Gasteiger charge is -2.17. The van der Waals surface area contributed by atoms with E-state index in [9.17, 15) is 4.39 Å². The van der Waals surface area contributed by atoms with E-state index in [1.165, 1.54) is 44.6 Å². The fourth-order valence-electron chi connectivity index (χ4n) is 2.39. The summed E-state index contributed by atoms with van der Waals surface area (Å²) >= 11 is 3.30. The highest BCUT2D eigenvalue weighted by Crippen LogP contribution is 2.22. The highest BCUT2D eigenvalue weighted by atomic mass is 79.9. The van der Waals surface area contributed by atoms with Crippen LogP contribution in [0.4, 0.5) is 4.39 Å². The third-order valence-corrected chi connectivity index (χ3v) is 4.53. The summed E-state index contributed by atoms with van der Waals surface area (Å²) in [5, 5.41) is 0. The molecule has 0 fully saturated rings. The van der Waals surface area contributed by atoms with Crippen molar-refractivity contribution in [3.63, 3.8) is 0 Å². The monoisotopic (exact) mass is 344 g/mol. The van der Waals surface area contributed by atoms with Crippen LogP contribution in [0.2, 0.25) is 0 Å². The first-order valence-corrected chi connectivity index (χ1v) is 8.37. The molecule has 0 saturated heterocycles. The zero-order chi connectivity index (χ0) is 14.8. The normalized spacial score (nSPS) is 12.6. The Morgan fingerprint density at radius 3 is 2.60 bits per heavy atom. The van der Waals surface area contributed by atoms with E-state index in [0.717, 1.165) is 18.4 Å². The number of hydrogen-bond donors (Lipinski definition) is 2. The fourth-order valence-corrected chi connectivity index (χ4v) is 2.81. The lowest BCUT2D eigenvalue weighted by molar-refractivity contribution is 0.458. The molecule has 4 heteroatoms. The molecule has 0 saturated carbocycles. The van der Waals surface area contributed by atoms with E-state index in [4.69, 9.17) is 5.84 Å². The Labute approximate surface area is 130 Å². The largest absolute Gasteiger partial charge is 0.271 e. The van der Waals surface area contributed by atoms with Gasteiger partial charge in [-0.15, -0.1) is 0 Å². The molecule has 114 valence electrons. The molecular weight excluding hydrogens is 319 g/mol. The van der Waals surface area contributed by atoms with Crippen LogP contribution in [0.15, 0.2) is 22.7 Å². The number of benzene rings is 1. The standard InChI is InChI=1S/C16H26BrFN2/c1-2-3-4-5-6-7-10-14(20-19)12-13-9-8-11-15(18)16(13)17/h8-9,11,14,20H,2-7,10,12,19H2,1H3. The van der Waals surface area contributed by atoms with E-state index in [0.29, 0.717) is 4.47 Å². The number of hydrazine groups is 1. The predicted molar refractivity (Wildman–Crippen MR) is 86.9 cm³/mol. The molecule has 0 radical (unpaired) electrons. The Bertz CT molecular complexity index is 385. The molecule has 1 aromatic carbocycles. The van der Waals surface area contributed by atoms with E-state index in [2.05, 4.69) is 28.3 Å². The third-order valence-electron chi connectivity index (χ3n) is 3.64. The van der Waals surface area contributed by atoms with Crippen LogP contribution in [-0.4, -0.2) is 6.04 Å². The minimum atomic E-state index is -0.210. The van der Waals surface area contributed by atoms with Crippen LogP contribution in [-0.2, 0) is 6.42 Å². The van der Waals surface area contributed by atoms with E-state index in [1.807, 2.05) is 6.07 Å². The molecule has 0 amide bonds. The average molecular weight is 345 g/mol. The topological polar surface area (TPSA) is 38.0 Å². The van der Waals surface area contributed by atoms with Crippen molar-refractivity contribution < 1.29 is 4.39 Å². The molecule has 1 atom stereocenters. The average Bonchev–Trinajstić information content (AvgIpc) is 2.46. The first kappa shape index (κ1) is 17.6. The Kier molecular flexibility index (Phi) is 9.07. The molecular formula is C16H26BrFN2. The molecule has 0 aliphatic rings. The number of hydrogen-bond acceptors (Lipinski definition) is 2. The van der Waals surface area contributed by atoms with Gasteiger partial charge in [-0.2, -0.15) is 0 Å². The van der Waals surface area contributed by atoms with E-state index >= 15 is 0 Å². The van der Waals surface area contributed by atoms with Crippen LogP contribution in [0.3, 0.4) is 0 Å². The van der Waals surface area contributed by atoms with E-state index in [-0.39, 0.29) is 11.9 Å². The maximum Gasteiger partial charge on any atom is 0.137 e. The van der Waals surface area contributed by atoms with Gasteiger partial charge in [0.2, 0.25) is 0 Å². The van der Waals surface area contributed by atoms with Crippen molar-refractivity contribution in [2.45, 2.75) is 64.3 Å². The minimum Gasteiger partial charge on any atom is -0.271 e. The zero-order valence-electron chi connectivity index (χ0n) is 12.3. The quantitative estimate of drug-likeness (QED) is 0.366. The van der Waals surface area contributed by atoms with Crippen LogP contribution >= 0.6 is 15.9 Å². The number of halogens is 2. The van der Waals surface area contributed by atoms with Crippen LogP contribution in [0.5, 0.6) is 0 Å². The first-order valence-electron chi connectivity index (χ1n) is 7.58. The molecule has 0 spiro atoms. The van der Waals surface area contributed by atoms with Gasteiger partial charge in [0.1, 0.15) is 5.82 Å². The van der Waals surface area contributed by atoms with E-state index in [1.54, 1.807) is 6.07 Å². The summed E-state index contributed by atoms with van der Waals surface area (Å²) in [6, 6.07) is 5.36. The molecule has 0 aliphatic heterocycles. The van der Waals surface area contributed by atoms with Gasteiger partial charge in [-0.25, -0.2) is 4.39 Å². The van der Waals surface area contributed by atoms with Gasteiger partial charge in [-0.3, -0.25) is 11.3 Å². The summed E-state index contributed by atoms with van der Waals surface area (Å²) in [4.78, 5) is 0. The van der Waals surface area contributed by atoms with Gasteiger partial charge in [-0.1, -0.05) is 57.6 Å². The second-order valence-corrected chi connectivity index (χ2v) is 6.13. The van der Waals surface area contributed by atoms with Crippen molar-refractivity contribution in [2.75, 3.05) is 0 Å². The first-order chi connectivity index (χ1) is 9.69. The summed E-state index contributed by atoms with van der Waals surface area (Å²) in [6.07, 6.45) is 9.44. The predicted octanol–water partition coefficient (Wildman–Crippen LogP) is 4.71. The van der Waals surface area contributed by atoms with Gasteiger partial charge in [0.25, 0.3) is 0 Å². The Hall–Kier alpha value is -0.450. The van der Waals surface area contributed by atoms with Gasteiger partial charge in [0.15, 0.2) is 0 Å². The maximum atomic E-state index is 13.5. The maximum absolute atomic E-state index is 13.5. The lowest BCUT2D eigenvalue weighted by Crippen LogP contribution is -2.36. The van der Waals surface area contributed by atoms with Crippen LogP contribution < -0.4 is 11.3 Å². The van der Waals surface area contributed by atoms with Crippen molar-refractivity contribution in [3.8, 4) is 0 Å². The number of unbranched alkanes of at least 4 members (excludes halogenated alkanes) is 5. The fraction of sp³-hybridized carbons (Fsp3) is 0.625. The Morgan fingerprint density at radius 1 is 1.20 bits per heavy atom. The molecule has 1 aromatic rings. The van der Waals surface area contributed by atoms with Crippen LogP contribution in [0.1, 0.15) is 57.4 Å². The zero-order valence-corrected chi connectivity index (χ0v) is 13.9.